The molecule has 0 saturated heterocycles. The van der Waals surface area contributed by atoms with Crippen molar-refractivity contribution in [1.29, 1.82) is 0 Å². The Hall–Kier alpha value is -4.46. The molecule has 0 bridgehead atoms. The number of amides is 3. The molecule has 3 N–H and O–H groups in total. The van der Waals surface area contributed by atoms with Crippen molar-refractivity contribution < 1.29 is 38.1 Å². The molecular weight excluding hydrogens is 719 g/mol. The maximum absolute atomic E-state index is 12.6. The van der Waals surface area contributed by atoms with Crippen molar-refractivity contribution in [1.82, 2.24) is 16.1 Å². The zero-order valence-corrected chi connectivity index (χ0v) is 28.8. The summed E-state index contributed by atoms with van der Waals surface area (Å²) in [4.78, 5) is 37.5. The number of methoxy groups -OCH3 is 2. The highest BCUT2D eigenvalue weighted by molar-refractivity contribution is 9.10. The molecule has 0 unspecified atom stereocenters. The van der Waals surface area contributed by atoms with Crippen molar-refractivity contribution in [2.75, 3.05) is 27.4 Å². The van der Waals surface area contributed by atoms with Crippen LogP contribution >= 0.6 is 39.1 Å². The van der Waals surface area contributed by atoms with Gasteiger partial charge in [0, 0.05) is 15.7 Å². The van der Waals surface area contributed by atoms with E-state index in [1.807, 2.05) is 0 Å². The molecule has 12 nitrogen and oxygen atoms in total. The summed E-state index contributed by atoms with van der Waals surface area (Å²) in [7, 11) is 2.94. The number of hydrogen-bond donors (Lipinski definition) is 3. The van der Waals surface area contributed by atoms with E-state index < -0.39 is 30.6 Å². The van der Waals surface area contributed by atoms with Crippen LogP contribution in [0.4, 0.5) is 4.79 Å². The molecule has 1 aliphatic rings. The van der Waals surface area contributed by atoms with Gasteiger partial charge in [-0.05, 0) is 61.4 Å². The van der Waals surface area contributed by atoms with Gasteiger partial charge in [-0.1, -0.05) is 51.3 Å². The third kappa shape index (κ3) is 9.09. The number of allylic oxidation sites excluding steroid dienone is 1. The van der Waals surface area contributed by atoms with Crippen molar-refractivity contribution in [2.24, 2.45) is 5.10 Å². The highest BCUT2D eigenvalue weighted by Gasteiger charge is 2.32. The second-order valence-corrected chi connectivity index (χ2v) is 11.6. The molecule has 248 valence electrons. The first kappa shape index (κ1) is 35.4. The van der Waals surface area contributed by atoms with Crippen LogP contribution in [0.5, 0.6) is 23.0 Å². The number of halogens is 3. The van der Waals surface area contributed by atoms with Crippen LogP contribution < -0.4 is 35.0 Å². The molecule has 0 aromatic heterocycles. The van der Waals surface area contributed by atoms with Gasteiger partial charge in [0.05, 0.1) is 48.7 Å². The minimum atomic E-state index is -0.794. The third-order valence-corrected chi connectivity index (χ3v) is 7.87. The molecule has 15 heteroatoms. The third-order valence-electron chi connectivity index (χ3n) is 6.67. The highest BCUT2D eigenvalue weighted by atomic mass is 79.9. The van der Waals surface area contributed by atoms with Crippen LogP contribution in [0, 0.1) is 0 Å². The van der Waals surface area contributed by atoms with Gasteiger partial charge in [-0.25, -0.2) is 15.0 Å². The summed E-state index contributed by atoms with van der Waals surface area (Å²) in [5, 5.41) is 10.2. The molecule has 4 rings (SSSR count). The number of carbonyl (C=O) groups is 3. The summed E-state index contributed by atoms with van der Waals surface area (Å²) in [6, 6.07) is 12.2. The summed E-state index contributed by atoms with van der Waals surface area (Å²) < 4.78 is 28.6. The van der Waals surface area contributed by atoms with E-state index in [-0.39, 0.29) is 30.3 Å². The van der Waals surface area contributed by atoms with Crippen molar-refractivity contribution in [3.05, 3.63) is 91.0 Å². The number of benzene rings is 3. The molecule has 47 heavy (non-hydrogen) atoms. The number of hydrogen-bond acceptors (Lipinski definition) is 9. The molecule has 1 atom stereocenters. The van der Waals surface area contributed by atoms with Gasteiger partial charge in [-0.15, -0.1) is 0 Å². The van der Waals surface area contributed by atoms with Crippen LogP contribution in [0.3, 0.4) is 0 Å². The fourth-order valence-corrected chi connectivity index (χ4v) is 5.31. The van der Waals surface area contributed by atoms with Crippen molar-refractivity contribution in [3.8, 4) is 23.0 Å². The van der Waals surface area contributed by atoms with E-state index in [0.29, 0.717) is 42.8 Å². The van der Waals surface area contributed by atoms with Crippen LogP contribution in [0.1, 0.15) is 36.6 Å². The van der Waals surface area contributed by atoms with Crippen LogP contribution in [-0.2, 0) is 20.9 Å². The van der Waals surface area contributed by atoms with Crippen molar-refractivity contribution in [2.45, 2.75) is 26.5 Å². The largest absolute Gasteiger partial charge is 0.493 e. The Labute approximate surface area is 289 Å². The minimum absolute atomic E-state index is 0.167. The number of esters is 1. The lowest BCUT2D eigenvalue weighted by atomic mass is 9.95. The van der Waals surface area contributed by atoms with E-state index in [9.17, 15) is 14.4 Å². The first-order chi connectivity index (χ1) is 22.5. The molecule has 0 radical (unpaired) electrons. The van der Waals surface area contributed by atoms with Crippen molar-refractivity contribution in [3.63, 3.8) is 0 Å². The lowest BCUT2D eigenvalue weighted by Gasteiger charge is -2.28. The quantitative estimate of drug-likeness (QED) is 0.109. The maximum atomic E-state index is 12.6. The zero-order valence-electron chi connectivity index (χ0n) is 25.7. The van der Waals surface area contributed by atoms with Gasteiger partial charge in [0.2, 0.25) is 0 Å². The summed E-state index contributed by atoms with van der Waals surface area (Å²) in [5.41, 5.74) is 4.90. The van der Waals surface area contributed by atoms with Crippen LogP contribution in [0.15, 0.2) is 69.4 Å². The Balaban J connectivity index is 1.43. The Bertz CT molecular complexity index is 1730. The fraction of sp³-hybridized carbons (Fsp3) is 0.250. The molecule has 3 aromatic carbocycles. The number of rotatable bonds is 13. The van der Waals surface area contributed by atoms with Crippen molar-refractivity contribution >= 4 is 63.3 Å². The highest BCUT2D eigenvalue weighted by Crippen LogP contribution is 2.36. The topological polar surface area (TPSA) is 146 Å². The van der Waals surface area contributed by atoms with Crippen LogP contribution in [-0.4, -0.2) is 51.6 Å². The second kappa shape index (κ2) is 16.4. The van der Waals surface area contributed by atoms with E-state index in [0.717, 1.165) is 5.56 Å². The number of hydrazone groups is 1. The second-order valence-electron chi connectivity index (χ2n) is 9.85. The van der Waals surface area contributed by atoms with Gasteiger partial charge < -0.3 is 34.3 Å². The Kier molecular flexibility index (Phi) is 12.3. The molecule has 3 aromatic rings. The molecule has 0 spiro atoms. The van der Waals surface area contributed by atoms with Gasteiger partial charge in [0.15, 0.2) is 29.6 Å². The van der Waals surface area contributed by atoms with Gasteiger partial charge in [-0.3, -0.25) is 4.79 Å². The SMILES string of the molecule is CCOC(=O)C1=C(C)NC(=O)N[C@@H]1c1ccc(OCC(=O)N/N=C/c2cc(Br)cc(OC)c2OCc2ccc(Cl)c(Cl)c2)c(OC)c1. The Morgan fingerprint density at radius 2 is 1.77 bits per heavy atom. The van der Waals surface area contributed by atoms with Crippen LogP contribution in [0.25, 0.3) is 0 Å². The minimum Gasteiger partial charge on any atom is -0.493 e. The molecule has 0 fully saturated rings. The van der Waals surface area contributed by atoms with Gasteiger partial charge in [0.1, 0.15) is 6.61 Å². The smallest absolute Gasteiger partial charge is 0.338 e. The van der Waals surface area contributed by atoms with Crippen LogP contribution in [0.2, 0.25) is 10.0 Å². The first-order valence-electron chi connectivity index (χ1n) is 14.1. The summed E-state index contributed by atoms with van der Waals surface area (Å²) >= 11 is 15.6. The average molecular weight is 750 g/mol. The molecule has 1 aliphatic heterocycles. The van der Waals surface area contributed by atoms with Gasteiger partial charge >= 0.3 is 12.0 Å². The molecular formula is C32H31BrCl2N4O8. The number of urea groups is 1. The molecule has 3 amide bonds. The fourth-order valence-electron chi connectivity index (χ4n) is 4.53. The van der Waals surface area contributed by atoms with E-state index >= 15 is 0 Å². The molecule has 0 aliphatic carbocycles. The summed E-state index contributed by atoms with van der Waals surface area (Å²) in [6.45, 7) is 3.25. The van der Waals surface area contributed by atoms with Gasteiger partial charge in [-0.2, -0.15) is 5.10 Å². The van der Waals surface area contributed by atoms with E-state index in [4.69, 9.17) is 46.9 Å². The number of nitrogens with zero attached hydrogens (tertiary/aromatic N) is 1. The zero-order chi connectivity index (χ0) is 34.1. The number of carbonyl (C=O) groups excluding carboxylic acids is 3. The Morgan fingerprint density at radius 3 is 2.47 bits per heavy atom. The molecule has 1 heterocycles. The summed E-state index contributed by atoms with van der Waals surface area (Å²) in [5.74, 6) is 0.241. The normalized spacial score (nSPS) is 14.3. The number of ether oxygens (including phenoxy) is 5. The number of nitrogens with one attached hydrogen (secondary N) is 3. The standard InChI is InChI=1S/C32H31BrCl2N4O8/c1-5-45-31(41)28-17(2)37-32(42)38-29(28)19-7-9-24(25(12-19)43-3)46-16-27(40)39-36-14-20-11-21(33)13-26(44-4)30(20)47-15-18-6-8-22(34)23(35)10-18/h6-14,29H,5,15-16H2,1-4H3,(H,39,40)(H2,37,38,42)/b36-14+/t29-/m1/s1. The monoisotopic (exact) mass is 748 g/mol. The predicted molar refractivity (Wildman–Crippen MR) is 179 cm³/mol. The van der Waals surface area contributed by atoms with E-state index in [1.165, 1.54) is 20.4 Å². The Morgan fingerprint density at radius 1 is 1.00 bits per heavy atom. The average Bonchev–Trinajstić information content (AvgIpc) is 3.04. The lowest BCUT2D eigenvalue weighted by molar-refractivity contribution is -0.139. The predicted octanol–water partition coefficient (Wildman–Crippen LogP) is 6.07. The lowest BCUT2D eigenvalue weighted by Crippen LogP contribution is -2.45. The van der Waals surface area contributed by atoms with E-state index in [2.05, 4.69) is 37.1 Å². The van der Waals surface area contributed by atoms with Gasteiger partial charge in [0.25, 0.3) is 5.91 Å². The molecule has 0 saturated carbocycles. The van der Waals surface area contributed by atoms with E-state index in [1.54, 1.807) is 62.4 Å². The first-order valence-corrected chi connectivity index (χ1v) is 15.6. The summed E-state index contributed by atoms with van der Waals surface area (Å²) in [6.07, 6.45) is 1.41. The maximum Gasteiger partial charge on any atom is 0.338 e.